The molecule has 0 aliphatic carbocycles. The zero-order chi connectivity index (χ0) is 20.6. The predicted octanol–water partition coefficient (Wildman–Crippen LogP) is 7.72. The van der Waals surface area contributed by atoms with E-state index in [4.69, 9.17) is 0 Å². The lowest BCUT2D eigenvalue weighted by atomic mass is 9.96. The molecule has 3 heteroatoms. The van der Waals surface area contributed by atoms with Gasteiger partial charge in [-0.25, -0.2) is 8.78 Å². The Balaban J connectivity index is 1.93. The van der Waals surface area contributed by atoms with Gasteiger partial charge in [-0.05, 0) is 66.9 Å². The average Bonchev–Trinajstić information content (AvgIpc) is 2.70. The molecule has 0 aromatic heterocycles. The minimum absolute atomic E-state index is 0.355. The van der Waals surface area contributed by atoms with Crippen LogP contribution in [-0.4, -0.2) is 5.54 Å². The number of rotatable bonds is 3. The maximum atomic E-state index is 15.0. The van der Waals surface area contributed by atoms with Gasteiger partial charge in [-0.2, -0.15) is 0 Å². The molecule has 0 saturated heterocycles. The topological polar surface area (TPSA) is 3.24 Å². The largest absolute Gasteiger partial charge is 0.331 e. The van der Waals surface area contributed by atoms with Crippen molar-refractivity contribution >= 4 is 22.1 Å². The fourth-order valence-electron chi connectivity index (χ4n) is 3.81. The van der Waals surface area contributed by atoms with Gasteiger partial charge in [0, 0.05) is 5.54 Å². The minimum Gasteiger partial charge on any atom is -0.331 e. The lowest BCUT2D eigenvalue weighted by molar-refractivity contribution is 0.527. The molecule has 4 rings (SSSR count). The Morgan fingerprint density at radius 3 is 2.07 bits per heavy atom. The number of hydrogen-bond donors (Lipinski definition) is 0. The first kappa shape index (κ1) is 19.1. The number of hydrogen-bond acceptors (Lipinski definition) is 1. The Hall–Kier alpha value is -3.20. The van der Waals surface area contributed by atoms with E-state index in [2.05, 4.69) is 18.2 Å². The molecule has 0 N–H and O–H groups in total. The second-order valence-corrected chi connectivity index (χ2v) is 8.15. The van der Waals surface area contributed by atoms with Crippen LogP contribution in [-0.2, 0) is 0 Å². The molecule has 1 nitrogen and oxygen atoms in total. The van der Waals surface area contributed by atoms with Crippen LogP contribution in [0.2, 0.25) is 0 Å². The molecule has 0 aliphatic heterocycles. The maximum Gasteiger partial charge on any atom is 0.146 e. The Morgan fingerprint density at radius 2 is 1.31 bits per heavy atom. The summed E-state index contributed by atoms with van der Waals surface area (Å²) in [7, 11) is 0. The Bertz CT molecular complexity index is 1170. The molecule has 0 aliphatic rings. The van der Waals surface area contributed by atoms with E-state index >= 15 is 4.39 Å². The van der Waals surface area contributed by atoms with Crippen molar-refractivity contribution in [2.75, 3.05) is 4.90 Å². The van der Waals surface area contributed by atoms with Crippen LogP contribution in [0.3, 0.4) is 0 Å². The normalized spacial score (nSPS) is 11.6. The van der Waals surface area contributed by atoms with Crippen LogP contribution in [0.25, 0.3) is 21.9 Å². The first-order valence-corrected chi connectivity index (χ1v) is 9.69. The van der Waals surface area contributed by atoms with E-state index in [1.165, 1.54) is 12.1 Å². The molecule has 4 aromatic rings. The highest BCUT2D eigenvalue weighted by molar-refractivity contribution is 5.97. The third-order valence-electron chi connectivity index (χ3n) is 5.05. The van der Waals surface area contributed by atoms with Crippen LogP contribution in [0, 0.1) is 11.6 Å². The Morgan fingerprint density at radius 1 is 0.655 bits per heavy atom. The molecule has 0 heterocycles. The molecule has 0 fully saturated rings. The summed E-state index contributed by atoms with van der Waals surface area (Å²) in [5, 5.41) is 2.22. The van der Waals surface area contributed by atoms with Gasteiger partial charge in [0.1, 0.15) is 11.6 Å². The van der Waals surface area contributed by atoms with Crippen molar-refractivity contribution in [2.45, 2.75) is 26.3 Å². The zero-order valence-electron chi connectivity index (χ0n) is 16.8. The number of benzene rings is 4. The predicted molar refractivity (Wildman–Crippen MR) is 118 cm³/mol. The quantitative estimate of drug-likeness (QED) is 0.348. The van der Waals surface area contributed by atoms with E-state index in [1.54, 1.807) is 29.2 Å². The van der Waals surface area contributed by atoms with E-state index in [0.717, 1.165) is 21.9 Å². The molecule has 0 spiro atoms. The highest BCUT2D eigenvalue weighted by Gasteiger charge is 2.28. The lowest BCUT2D eigenvalue weighted by Crippen LogP contribution is -2.38. The van der Waals surface area contributed by atoms with Crippen molar-refractivity contribution in [3.63, 3.8) is 0 Å². The van der Waals surface area contributed by atoms with Gasteiger partial charge in [-0.1, -0.05) is 60.7 Å². The van der Waals surface area contributed by atoms with Gasteiger partial charge in [0.2, 0.25) is 0 Å². The van der Waals surface area contributed by atoms with E-state index in [0.29, 0.717) is 11.4 Å². The molecular formula is C26H23F2N. The van der Waals surface area contributed by atoms with Crippen molar-refractivity contribution in [2.24, 2.45) is 0 Å². The fourth-order valence-corrected chi connectivity index (χ4v) is 3.81. The fraction of sp³-hybridized carbons (Fsp3) is 0.154. The number of anilines is 2. The summed E-state index contributed by atoms with van der Waals surface area (Å²) in [5.41, 5.74) is 2.10. The first-order chi connectivity index (χ1) is 13.9. The summed E-state index contributed by atoms with van der Waals surface area (Å²) in [6.07, 6.45) is 0. The average molecular weight is 387 g/mol. The summed E-state index contributed by atoms with van der Waals surface area (Å²) in [6.45, 7) is 5.84. The van der Waals surface area contributed by atoms with Crippen molar-refractivity contribution < 1.29 is 8.78 Å². The first-order valence-electron chi connectivity index (χ1n) is 9.69. The van der Waals surface area contributed by atoms with Gasteiger partial charge in [0.05, 0.1) is 11.4 Å². The van der Waals surface area contributed by atoms with Crippen molar-refractivity contribution in [3.8, 4) is 11.1 Å². The highest BCUT2D eigenvalue weighted by atomic mass is 19.1. The molecule has 29 heavy (non-hydrogen) atoms. The molecule has 0 saturated carbocycles. The summed E-state index contributed by atoms with van der Waals surface area (Å²) in [6, 6.07) is 25.8. The number of fused-ring (bicyclic) bond motifs is 1. The molecule has 4 aromatic carbocycles. The molecule has 0 unspecified atom stereocenters. The molecule has 0 amide bonds. The van der Waals surface area contributed by atoms with Gasteiger partial charge in [-0.3, -0.25) is 0 Å². The van der Waals surface area contributed by atoms with Crippen molar-refractivity contribution in [1.82, 2.24) is 0 Å². The van der Waals surface area contributed by atoms with Crippen LogP contribution in [0.1, 0.15) is 20.8 Å². The third kappa shape index (κ3) is 3.61. The monoisotopic (exact) mass is 387 g/mol. The van der Waals surface area contributed by atoms with Crippen LogP contribution in [0.5, 0.6) is 0 Å². The summed E-state index contributed by atoms with van der Waals surface area (Å²) < 4.78 is 29.7. The van der Waals surface area contributed by atoms with E-state index in [-0.39, 0.29) is 11.6 Å². The SMILES string of the molecule is CC(C)(C)N(c1ccccc1F)c1cc(-c2cccc3ccccc23)ccc1F. The van der Waals surface area contributed by atoms with Gasteiger partial charge in [0.25, 0.3) is 0 Å². The Kier molecular flexibility index (Phi) is 4.83. The highest BCUT2D eigenvalue weighted by Crippen LogP contribution is 2.39. The van der Waals surface area contributed by atoms with Gasteiger partial charge >= 0.3 is 0 Å². The van der Waals surface area contributed by atoms with Gasteiger partial charge in [0.15, 0.2) is 0 Å². The van der Waals surface area contributed by atoms with Crippen molar-refractivity contribution in [3.05, 3.63) is 96.6 Å². The summed E-state index contributed by atoms with van der Waals surface area (Å²) >= 11 is 0. The maximum absolute atomic E-state index is 15.0. The zero-order valence-corrected chi connectivity index (χ0v) is 16.8. The van der Waals surface area contributed by atoms with Crippen LogP contribution >= 0.6 is 0 Å². The van der Waals surface area contributed by atoms with Crippen LogP contribution < -0.4 is 4.90 Å². The second-order valence-electron chi connectivity index (χ2n) is 8.15. The molecule has 0 bridgehead atoms. The Labute approximate surface area is 170 Å². The van der Waals surface area contributed by atoms with E-state index in [1.807, 2.05) is 51.1 Å². The molecule has 0 radical (unpaired) electrons. The van der Waals surface area contributed by atoms with Crippen molar-refractivity contribution in [1.29, 1.82) is 0 Å². The molecular weight excluding hydrogens is 364 g/mol. The third-order valence-corrected chi connectivity index (χ3v) is 5.05. The molecule has 146 valence electrons. The lowest BCUT2D eigenvalue weighted by Gasteiger charge is -2.38. The van der Waals surface area contributed by atoms with Gasteiger partial charge < -0.3 is 4.90 Å². The van der Waals surface area contributed by atoms with Crippen LogP contribution in [0.15, 0.2) is 84.9 Å². The number of halogens is 2. The minimum atomic E-state index is -0.527. The second kappa shape index (κ2) is 7.32. The van der Waals surface area contributed by atoms with E-state index in [9.17, 15) is 4.39 Å². The standard InChI is InChI=1S/C26H23F2N/c1-26(2,3)29(24-14-7-6-13-22(24)27)25-17-19(15-16-23(25)28)21-12-8-10-18-9-4-5-11-20(18)21/h4-17H,1-3H3. The number of para-hydroxylation sites is 1. The van der Waals surface area contributed by atoms with Crippen LogP contribution in [0.4, 0.5) is 20.2 Å². The summed E-state index contributed by atoms with van der Waals surface area (Å²) in [4.78, 5) is 1.73. The number of nitrogens with zero attached hydrogens (tertiary/aromatic N) is 1. The smallest absolute Gasteiger partial charge is 0.146 e. The van der Waals surface area contributed by atoms with E-state index < -0.39 is 5.54 Å². The molecule has 0 atom stereocenters. The summed E-state index contributed by atoms with van der Waals surface area (Å²) in [5.74, 6) is -0.760. The van der Waals surface area contributed by atoms with Gasteiger partial charge in [-0.15, -0.1) is 0 Å².